The predicted octanol–water partition coefficient (Wildman–Crippen LogP) is 2.03. The molecule has 0 radical (unpaired) electrons. The summed E-state index contributed by atoms with van der Waals surface area (Å²) < 4.78 is 0. The lowest BCUT2D eigenvalue weighted by atomic mass is 10.1. The first kappa shape index (κ1) is 6.30. The first-order chi connectivity index (χ1) is 5.36. The molecule has 1 heteroatoms. The van der Waals surface area contributed by atoms with Crippen LogP contribution >= 0.6 is 0 Å². The quantitative estimate of drug-likeness (QED) is 0.586. The molecule has 0 atom stereocenters. The van der Waals surface area contributed by atoms with Gasteiger partial charge in [-0.2, -0.15) is 0 Å². The molecule has 0 fully saturated rings. The Hall–Kier alpha value is -1.42. The first-order valence-corrected chi connectivity index (χ1v) is 3.71. The van der Waals surface area contributed by atoms with Crippen LogP contribution in [0.5, 0.6) is 0 Å². The van der Waals surface area contributed by atoms with Gasteiger partial charge in [-0.25, -0.2) is 0 Å². The van der Waals surface area contributed by atoms with Crippen molar-refractivity contribution in [2.24, 2.45) is 0 Å². The van der Waals surface area contributed by atoms with Gasteiger partial charge in [-0.1, -0.05) is 18.2 Å². The van der Waals surface area contributed by atoms with Crippen LogP contribution in [0.1, 0.15) is 11.1 Å². The van der Waals surface area contributed by atoms with Gasteiger partial charge in [0.1, 0.15) is 0 Å². The minimum absolute atomic E-state index is 0.903. The predicted molar refractivity (Wildman–Crippen MR) is 46.4 cm³/mol. The summed E-state index contributed by atoms with van der Waals surface area (Å²) in [5.74, 6) is 0. The van der Waals surface area contributed by atoms with E-state index in [9.17, 15) is 0 Å². The second-order valence-corrected chi connectivity index (χ2v) is 2.69. The molecule has 1 aromatic rings. The molecule has 1 heterocycles. The molecule has 54 valence electrons. The Balaban J connectivity index is 2.54. The van der Waals surface area contributed by atoms with E-state index in [1.54, 1.807) is 0 Å². The first-order valence-electron chi connectivity index (χ1n) is 3.71. The van der Waals surface area contributed by atoms with Crippen molar-refractivity contribution in [1.29, 1.82) is 0 Å². The molecule has 0 aliphatic carbocycles. The summed E-state index contributed by atoms with van der Waals surface area (Å²) >= 11 is 0. The fourth-order valence-electron chi connectivity index (χ4n) is 1.20. The summed E-state index contributed by atoms with van der Waals surface area (Å²) in [5.41, 5.74) is 3.42. The molecule has 0 saturated carbocycles. The van der Waals surface area contributed by atoms with Gasteiger partial charge in [0.05, 0.1) is 5.69 Å². The summed E-state index contributed by atoms with van der Waals surface area (Å²) in [7, 11) is 0. The van der Waals surface area contributed by atoms with Gasteiger partial charge in [-0.3, -0.25) is 0 Å². The molecule has 1 nitrogen and oxygen atoms in total. The number of fused-ring (bicyclic) bond motifs is 1. The van der Waals surface area contributed by atoms with Crippen LogP contribution in [0.25, 0.3) is 6.08 Å². The van der Waals surface area contributed by atoms with Crippen LogP contribution in [0.3, 0.4) is 0 Å². The Bertz CT molecular complexity index is 300. The largest absolute Gasteiger partial charge is 0.374 e. The third-order valence-electron chi connectivity index (χ3n) is 1.74. The zero-order chi connectivity index (χ0) is 7.68. The average Bonchev–Trinajstić information content (AvgIpc) is 2.04. The third kappa shape index (κ3) is 1.08. The summed E-state index contributed by atoms with van der Waals surface area (Å²) in [5, 5.41) is 3.22. The van der Waals surface area contributed by atoms with Gasteiger partial charge in [0.2, 0.25) is 0 Å². The Morgan fingerprint density at radius 3 is 3.27 bits per heavy atom. The molecule has 1 aromatic carbocycles. The molecule has 1 aliphatic heterocycles. The van der Waals surface area contributed by atoms with Crippen molar-refractivity contribution in [3.05, 3.63) is 35.4 Å². The fourth-order valence-corrected chi connectivity index (χ4v) is 1.20. The number of nitrogens with one attached hydrogen (secondary N) is 1. The van der Waals surface area contributed by atoms with E-state index in [0.717, 1.165) is 17.8 Å². The second-order valence-electron chi connectivity index (χ2n) is 2.69. The van der Waals surface area contributed by atoms with Crippen molar-refractivity contribution in [2.45, 2.75) is 6.92 Å². The highest BCUT2D eigenvalue weighted by atomic mass is 14.9. The lowest BCUT2D eigenvalue weighted by molar-refractivity contribution is 1.30. The van der Waals surface area contributed by atoms with Crippen molar-refractivity contribution >= 4 is 11.8 Å². The van der Waals surface area contributed by atoms with Crippen molar-refractivity contribution in [1.82, 2.24) is 0 Å². The van der Waals surface area contributed by atoms with Crippen LogP contribution in [-0.2, 0) is 0 Å². The molecule has 0 unspecified atom stereocenters. The smallest absolute Gasteiger partial charge is 0.0933 e. The minimum Gasteiger partial charge on any atom is -0.374 e. The highest BCUT2D eigenvalue weighted by Gasteiger charge is 2.00. The Morgan fingerprint density at radius 2 is 2.36 bits per heavy atom. The lowest BCUT2D eigenvalue weighted by Gasteiger charge is -2.09. The van der Waals surface area contributed by atoms with E-state index < -0.39 is 0 Å². The highest BCUT2D eigenvalue weighted by Crippen LogP contribution is 2.17. The zero-order valence-corrected chi connectivity index (χ0v) is 6.44. The van der Waals surface area contributed by atoms with Crippen LogP contribution < -0.4 is 5.32 Å². The molecular formula is C10H9N. The molecule has 0 saturated heterocycles. The standard InChI is InChI=1S/C10H9N/c1-8-4-5-10-9(7-8)3-2-6-11-10/h2-3,7,11H,6H2,1H3. The summed E-state index contributed by atoms with van der Waals surface area (Å²) in [4.78, 5) is 0. The topological polar surface area (TPSA) is 12.0 Å². The normalized spacial score (nSPS) is 13.2. The van der Waals surface area contributed by atoms with Crippen LogP contribution in [-0.4, -0.2) is 6.54 Å². The molecule has 2 rings (SSSR count). The molecule has 1 aliphatic rings. The number of aryl methyl sites for hydroxylation is 1. The van der Waals surface area contributed by atoms with Gasteiger partial charge in [0.25, 0.3) is 0 Å². The number of hydrogen-bond acceptors (Lipinski definition) is 1. The highest BCUT2D eigenvalue weighted by molar-refractivity contribution is 5.68. The zero-order valence-electron chi connectivity index (χ0n) is 6.44. The van der Waals surface area contributed by atoms with Crippen LogP contribution in [0.15, 0.2) is 12.1 Å². The van der Waals surface area contributed by atoms with E-state index in [0.29, 0.717) is 0 Å². The number of hydrogen-bond donors (Lipinski definition) is 1. The molecule has 0 amide bonds. The van der Waals surface area contributed by atoms with Gasteiger partial charge in [-0.05, 0) is 19.1 Å². The van der Waals surface area contributed by atoms with Gasteiger partial charge in [-0.15, -0.1) is 0 Å². The number of rotatable bonds is 0. The summed E-state index contributed by atoms with van der Waals surface area (Å²) in [6.45, 7) is 2.93. The molecule has 0 aromatic heterocycles. The fraction of sp³-hybridized carbons (Fsp3) is 0.200. The van der Waals surface area contributed by atoms with E-state index in [1.165, 1.54) is 5.56 Å². The van der Waals surface area contributed by atoms with E-state index in [2.05, 4.69) is 35.7 Å². The van der Waals surface area contributed by atoms with E-state index >= 15 is 0 Å². The number of anilines is 1. The minimum atomic E-state index is 0.903. The van der Waals surface area contributed by atoms with Crippen LogP contribution in [0.2, 0.25) is 0 Å². The van der Waals surface area contributed by atoms with Crippen LogP contribution in [0, 0.1) is 19.1 Å². The molecule has 11 heavy (non-hydrogen) atoms. The third-order valence-corrected chi connectivity index (χ3v) is 1.74. The van der Waals surface area contributed by atoms with E-state index in [1.807, 2.05) is 6.92 Å². The molecule has 0 spiro atoms. The maximum absolute atomic E-state index is 3.22. The Morgan fingerprint density at radius 1 is 1.45 bits per heavy atom. The van der Waals surface area contributed by atoms with Crippen molar-refractivity contribution in [3.63, 3.8) is 0 Å². The monoisotopic (exact) mass is 143 g/mol. The van der Waals surface area contributed by atoms with Crippen molar-refractivity contribution in [3.8, 4) is 0 Å². The van der Waals surface area contributed by atoms with Gasteiger partial charge >= 0.3 is 0 Å². The van der Waals surface area contributed by atoms with Crippen molar-refractivity contribution < 1.29 is 0 Å². The molecular weight excluding hydrogens is 134 g/mol. The van der Waals surface area contributed by atoms with Crippen LogP contribution in [0.4, 0.5) is 5.69 Å². The van der Waals surface area contributed by atoms with Gasteiger partial charge in [0.15, 0.2) is 0 Å². The van der Waals surface area contributed by atoms with E-state index in [4.69, 9.17) is 0 Å². The lowest BCUT2D eigenvalue weighted by Crippen LogP contribution is -2.03. The molecule has 1 N–H and O–H groups in total. The van der Waals surface area contributed by atoms with Crippen molar-refractivity contribution in [2.75, 3.05) is 11.9 Å². The summed E-state index contributed by atoms with van der Waals surface area (Å²) in [6.07, 6.45) is 4.22. The Labute approximate surface area is 66.7 Å². The average molecular weight is 143 g/mol. The molecule has 0 bridgehead atoms. The maximum Gasteiger partial charge on any atom is 0.0933 e. The van der Waals surface area contributed by atoms with E-state index in [-0.39, 0.29) is 0 Å². The second kappa shape index (κ2) is 2.32. The SMILES string of the molecule is Cc1c#cc2c(c1)C=CCN2. The summed E-state index contributed by atoms with van der Waals surface area (Å²) in [6, 6.07) is 8.21. The Kier molecular flexibility index (Phi) is 1.33. The maximum atomic E-state index is 3.22. The van der Waals surface area contributed by atoms with Gasteiger partial charge in [0, 0.05) is 17.7 Å². The van der Waals surface area contributed by atoms with Gasteiger partial charge < -0.3 is 5.32 Å².